The quantitative estimate of drug-likeness (QED) is 0.833. The molecule has 1 unspecified atom stereocenters. The van der Waals surface area contributed by atoms with Crippen molar-refractivity contribution in [2.75, 3.05) is 13.1 Å². The number of carbonyl (C=O) groups excluding carboxylic acids is 1. The van der Waals surface area contributed by atoms with E-state index in [9.17, 15) is 4.79 Å². The van der Waals surface area contributed by atoms with Crippen LogP contribution in [-0.2, 0) is 4.79 Å². The van der Waals surface area contributed by atoms with Crippen LogP contribution in [-0.4, -0.2) is 23.9 Å². The fourth-order valence-electron chi connectivity index (χ4n) is 2.15. The van der Waals surface area contributed by atoms with Gasteiger partial charge in [0, 0.05) is 17.4 Å². The summed E-state index contributed by atoms with van der Waals surface area (Å²) in [6.07, 6.45) is 2.25. The fraction of sp³-hybridized carbons (Fsp3) is 0.533. The molecule has 106 valence electrons. The first-order valence-corrected chi connectivity index (χ1v) is 7.65. The number of halogens is 1. The zero-order valence-electron chi connectivity index (χ0n) is 11.7. The molecule has 1 amide bonds. The summed E-state index contributed by atoms with van der Waals surface area (Å²) in [5.41, 5.74) is 6.63. The molecule has 1 aromatic carbocycles. The van der Waals surface area contributed by atoms with E-state index in [4.69, 9.17) is 5.73 Å². The van der Waals surface area contributed by atoms with Crippen molar-refractivity contribution in [3.05, 3.63) is 34.3 Å². The maximum absolute atomic E-state index is 12.3. The minimum Gasteiger partial charge on any atom is -0.336 e. The van der Waals surface area contributed by atoms with Gasteiger partial charge in [0.05, 0.1) is 6.04 Å². The first kappa shape index (κ1) is 16.2. The summed E-state index contributed by atoms with van der Waals surface area (Å²) in [6, 6.07) is 8.15. The molecule has 0 aliphatic carbocycles. The highest BCUT2D eigenvalue weighted by molar-refractivity contribution is 9.10. The summed E-state index contributed by atoms with van der Waals surface area (Å²) in [4.78, 5) is 14.2. The van der Waals surface area contributed by atoms with E-state index in [2.05, 4.69) is 35.8 Å². The Bertz CT molecular complexity index is 409. The van der Waals surface area contributed by atoms with Crippen molar-refractivity contribution < 1.29 is 4.79 Å². The average molecular weight is 327 g/mol. The van der Waals surface area contributed by atoms with Crippen molar-refractivity contribution in [1.82, 2.24) is 4.90 Å². The molecular weight excluding hydrogens is 304 g/mol. The van der Waals surface area contributed by atoms with Gasteiger partial charge in [-0.3, -0.25) is 4.79 Å². The topological polar surface area (TPSA) is 46.3 Å². The van der Waals surface area contributed by atoms with Gasteiger partial charge in [-0.15, -0.1) is 0 Å². The van der Waals surface area contributed by atoms with Crippen LogP contribution in [0.1, 0.15) is 44.7 Å². The first-order chi connectivity index (χ1) is 9.11. The van der Waals surface area contributed by atoms with Crippen LogP contribution in [0.25, 0.3) is 0 Å². The first-order valence-electron chi connectivity index (χ1n) is 6.85. The van der Waals surface area contributed by atoms with Crippen molar-refractivity contribution >= 4 is 21.8 Å². The second kappa shape index (κ2) is 8.33. The molecule has 0 bridgehead atoms. The monoisotopic (exact) mass is 326 g/mol. The number of rotatable bonds is 7. The third-order valence-corrected chi connectivity index (χ3v) is 3.92. The van der Waals surface area contributed by atoms with Gasteiger partial charge in [0.25, 0.3) is 0 Å². The normalized spacial score (nSPS) is 12.2. The number of nitrogens with two attached hydrogens (primary N) is 1. The lowest BCUT2D eigenvalue weighted by molar-refractivity contribution is -0.133. The van der Waals surface area contributed by atoms with Crippen molar-refractivity contribution in [3.63, 3.8) is 0 Å². The molecule has 0 aliphatic rings. The van der Waals surface area contributed by atoms with E-state index in [-0.39, 0.29) is 11.9 Å². The second-order valence-electron chi connectivity index (χ2n) is 4.68. The van der Waals surface area contributed by atoms with E-state index in [0.29, 0.717) is 13.0 Å². The van der Waals surface area contributed by atoms with Crippen LogP contribution in [0.5, 0.6) is 0 Å². The Morgan fingerprint density at radius 2 is 2.11 bits per heavy atom. The van der Waals surface area contributed by atoms with Gasteiger partial charge in [-0.05, 0) is 37.9 Å². The molecule has 2 N–H and O–H groups in total. The molecule has 0 aliphatic heterocycles. The summed E-state index contributed by atoms with van der Waals surface area (Å²) in [6.45, 7) is 5.52. The SMILES string of the molecule is CCCN(C(=O)CCCN)C(C)c1ccccc1Br. The molecule has 19 heavy (non-hydrogen) atoms. The summed E-state index contributed by atoms with van der Waals surface area (Å²) >= 11 is 3.56. The number of hydrogen-bond donors (Lipinski definition) is 1. The Kier molecular flexibility index (Phi) is 7.10. The zero-order chi connectivity index (χ0) is 14.3. The highest BCUT2D eigenvalue weighted by Gasteiger charge is 2.21. The summed E-state index contributed by atoms with van der Waals surface area (Å²) in [5.74, 6) is 0.190. The van der Waals surface area contributed by atoms with Crippen LogP contribution in [0, 0.1) is 0 Å². The standard InChI is InChI=1S/C15H23BrN2O/c1-3-11-18(15(19)9-6-10-17)12(2)13-7-4-5-8-14(13)16/h4-5,7-8,12H,3,6,9-11,17H2,1-2H3. The van der Waals surface area contributed by atoms with E-state index >= 15 is 0 Å². The third kappa shape index (κ3) is 4.62. The third-order valence-electron chi connectivity index (χ3n) is 3.20. The van der Waals surface area contributed by atoms with Crippen LogP contribution in [0.2, 0.25) is 0 Å². The van der Waals surface area contributed by atoms with Crippen LogP contribution in [0.15, 0.2) is 28.7 Å². The summed E-state index contributed by atoms with van der Waals surface area (Å²) in [5, 5.41) is 0. The Morgan fingerprint density at radius 3 is 2.68 bits per heavy atom. The van der Waals surface area contributed by atoms with Gasteiger partial charge in [-0.2, -0.15) is 0 Å². The highest BCUT2D eigenvalue weighted by Crippen LogP contribution is 2.28. The lowest BCUT2D eigenvalue weighted by atomic mass is 10.1. The Labute approximate surface area is 124 Å². The van der Waals surface area contributed by atoms with Crippen molar-refractivity contribution in [2.24, 2.45) is 5.73 Å². The Balaban J connectivity index is 2.86. The number of carbonyl (C=O) groups is 1. The number of hydrogen-bond acceptors (Lipinski definition) is 2. The lowest BCUT2D eigenvalue weighted by Crippen LogP contribution is -2.34. The molecule has 0 saturated heterocycles. The molecule has 1 aromatic rings. The molecule has 4 heteroatoms. The van der Waals surface area contributed by atoms with Crippen LogP contribution >= 0.6 is 15.9 Å². The van der Waals surface area contributed by atoms with E-state index < -0.39 is 0 Å². The van der Waals surface area contributed by atoms with Crippen LogP contribution in [0.4, 0.5) is 0 Å². The summed E-state index contributed by atoms with van der Waals surface area (Å²) in [7, 11) is 0. The van der Waals surface area contributed by atoms with Gasteiger partial charge in [0.15, 0.2) is 0 Å². The van der Waals surface area contributed by atoms with Crippen LogP contribution < -0.4 is 5.73 Å². The van der Waals surface area contributed by atoms with Crippen LogP contribution in [0.3, 0.4) is 0 Å². The fourth-order valence-corrected chi connectivity index (χ4v) is 2.77. The largest absolute Gasteiger partial charge is 0.336 e. The maximum Gasteiger partial charge on any atom is 0.223 e. The zero-order valence-corrected chi connectivity index (χ0v) is 13.3. The van der Waals surface area contributed by atoms with Gasteiger partial charge >= 0.3 is 0 Å². The molecule has 0 fully saturated rings. The van der Waals surface area contributed by atoms with Gasteiger partial charge in [-0.25, -0.2) is 0 Å². The number of nitrogens with zero attached hydrogens (tertiary/aromatic N) is 1. The molecule has 0 spiro atoms. The second-order valence-corrected chi connectivity index (χ2v) is 5.53. The molecular formula is C15H23BrN2O. The molecule has 3 nitrogen and oxygen atoms in total. The maximum atomic E-state index is 12.3. The number of benzene rings is 1. The molecule has 0 heterocycles. The van der Waals surface area contributed by atoms with Gasteiger partial charge in [0.1, 0.15) is 0 Å². The molecule has 0 saturated carbocycles. The Hall–Kier alpha value is -0.870. The van der Waals surface area contributed by atoms with Gasteiger partial charge in [0.2, 0.25) is 5.91 Å². The van der Waals surface area contributed by atoms with E-state index in [1.165, 1.54) is 0 Å². The predicted molar refractivity (Wildman–Crippen MR) is 82.8 cm³/mol. The number of amides is 1. The lowest BCUT2D eigenvalue weighted by Gasteiger charge is -2.30. The molecule has 1 rings (SSSR count). The summed E-state index contributed by atoms with van der Waals surface area (Å²) < 4.78 is 1.05. The minimum atomic E-state index is 0.0841. The smallest absolute Gasteiger partial charge is 0.223 e. The van der Waals surface area contributed by atoms with E-state index in [1.807, 2.05) is 23.1 Å². The minimum absolute atomic E-state index is 0.0841. The van der Waals surface area contributed by atoms with Crippen molar-refractivity contribution in [3.8, 4) is 0 Å². The van der Waals surface area contributed by atoms with E-state index in [1.54, 1.807) is 0 Å². The van der Waals surface area contributed by atoms with Gasteiger partial charge < -0.3 is 10.6 Å². The highest BCUT2D eigenvalue weighted by atomic mass is 79.9. The van der Waals surface area contributed by atoms with Gasteiger partial charge in [-0.1, -0.05) is 41.1 Å². The van der Waals surface area contributed by atoms with Crippen molar-refractivity contribution in [2.45, 2.75) is 39.2 Å². The van der Waals surface area contributed by atoms with E-state index in [0.717, 1.165) is 29.4 Å². The molecule has 1 atom stereocenters. The van der Waals surface area contributed by atoms with Crippen molar-refractivity contribution in [1.29, 1.82) is 0 Å². The predicted octanol–water partition coefficient (Wildman–Crippen LogP) is 3.49. The average Bonchev–Trinajstić information content (AvgIpc) is 2.42. The molecule has 0 aromatic heterocycles. The Morgan fingerprint density at radius 1 is 1.42 bits per heavy atom. The molecule has 0 radical (unpaired) electrons.